The van der Waals surface area contributed by atoms with Crippen molar-refractivity contribution in [2.24, 2.45) is 0 Å². The SMILES string of the molecule is CN(C/C=C/C(=O)Nc1cccc(S(=O)(=O)N2CCC(NC(=O)c3n[nH]cc3NC(=O)c3c(Cl)cccc3Cl)CC2)c1)CCC(=O)NCCOCCOCCOCCNC(=O)CCCC[C@@H]1SC[C@@H]2NC(=O)N[C@@H]21. The number of carbonyl (C=O) groups is 6. The molecule has 2 aromatic carbocycles. The summed E-state index contributed by atoms with van der Waals surface area (Å²) in [5.74, 6) is -0.847. The van der Waals surface area contributed by atoms with E-state index in [1.54, 1.807) is 18.2 Å². The number of unbranched alkanes of at least 4 members (excludes halogenated alkanes) is 1. The molecule has 3 fully saturated rings. The topological polar surface area (TPSA) is 284 Å². The molecule has 3 aliphatic rings. The van der Waals surface area contributed by atoms with Gasteiger partial charge in [0, 0.05) is 87.1 Å². The van der Waals surface area contributed by atoms with Crippen LogP contribution in [-0.2, 0) is 38.6 Å². The summed E-state index contributed by atoms with van der Waals surface area (Å²) in [4.78, 5) is 76.7. The first-order valence-corrected chi connectivity index (χ1v) is 27.7. The molecule has 26 heteroatoms. The number of fused-ring (bicyclic) bond motifs is 1. The number of thioether (sulfide) groups is 1. The van der Waals surface area contributed by atoms with Gasteiger partial charge in [0.05, 0.1) is 77.9 Å². The number of anilines is 2. The van der Waals surface area contributed by atoms with Gasteiger partial charge in [-0.3, -0.25) is 29.1 Å². The molecule has 3 aromatic rings. The van der Waals surface area contributed by atoms with Gasteiger partial charge in [0.15, 0.2) is 5.69 Å². The Balaban J connectivity index is 0.749. The molecule has 0 unspecified atom stereocenters. The summed E-state index contributed by atoms with van der Waals surface area (Å²) in [6, 6.07) is 10.6. The smallest absolute Gasteiger partial charge is 0.315 e. The summed E-state index contributed by atoms with van der Waals surface area (Å²) in [7, 11) is -2.12. The van der Waals surface area contributed by atoms with Crippen molar-refractivity contribution in [2.45, 2.75) is 73.2 Å². The van der Waals surface area contributed by atoms with Gasteiger partial charge in [0.1, 0.15) is 0 Å². The average Bonchev–Trinajstić information content (AvgIpc) is 4.10. The van der Waals surface area contributed by atoms with E-state index < -0.39 is 27.7 Å². The predicted molar refractivity (Wildman–Crippen MR) is 281 cm³/mol. The number of likely N-dealkylation sites (N-methyl/N-ethyl adjacent to an activating group) is 1. The molecule has 0 spiro atoms. The van der Waals surface area contributed by atoms with Crippen molar-refractivity contribution in [3.05, 3.63) is 82.1 Å². The van der Waals surface area contributed by atoms with Gasteiger partial charge in [-0.25, -0.2) is 13.2 Å². The normalized spacial score (nSPS) is 17.9. The van der Waals surface area contributed by atoms with Crippen LogP contribution < -0.4 is 37.2 Å². The Morgan fingerprint density at radius 3 is 2.23 bits per heavy atom. The number of sulfonamides is 1. The first-order valence-electron chi connectivity index (χ1n) is 24.5. The molecule has 404 valence electrons. The zero-order chi connectivity index (χ0) is 52.9. The molecular weight excluding hydrogens is 1040 g/mol. The summed E-state index contributed by atoms with van der Waals surface area (Å²) < 4.78 is 45.1. The van der Waals surface area contributed by atoms with Gasteiger partial charge in [-0.05, 0) is 63.1 Å². The molecule has 3 saturated heterocycles. The Bertz CT molecular complexity index is 2510. The second-order valence-corrected chi connectivity index (χ2v) is 21.7. The van der Waals surface area contributed by atoms with E-state index in [1.165, 1.54) is 46.9 Å². The molecule has 0 radical (unpaired) electrons. The van der Waals surface area contributed by atoms with Gasteiger partial charge in [-0.2, -0.15) is 21.2 Å². The number of piperidine rings is 1. The predicted octanol–water partition coefficient (Wildman–Crippen LogP) is 3.38. The fourth-order valence-electron chi connectivity index (χ4n) is 8.26. The highest BCUT2D eigenvalue weighted by atomic mass is 35.5. The van der Waals surface area contributed by atoms with Crippen LogP contribution in [0.25, 0.3) is 0 Å². The van der Waals surface area contributed by atoms with Crippen molar-refractivity contribution < 1.29 is 51.4 Å². The highest BCUT2D eigenvalue weighted by molar-refractivity contribution is 8.00. The lowest BCUT2D eigenvalue weighted by molar-refractivity contribution is -0.122. The van der Waals surface area contributed by atoms with Crippen LogP contribution in [0, 0.1) is 0 Å². The summed E-state index contributed by atoms with van der Waals surface area (Å²) in [6.07, 6.45) is 8.41. The van der Waals surface area contributed by atoms with Crippen LogP contribution in [0.5, 0.6) is 0 Å². The number of ether oxygens (including phenoxy) is 3. The number of hydrogen-bond acceptors (Lipinski definition) is 14. The van der Waals surface area contributed by atoms with Crippen molar-refractivity contribution >= 4 is 91.9 Å². The van der Waals surface area contributed by atoms with E-state index >= 15 is 0 Å². The number of hydrogen-bond donors (Lipinski definition) is 8. The Hall–Kier alpha value is -5.31. The van der Waals surface area contributed by atoms with Crippen LogP contribution >= 0.6 is 35.0 Å². The maximum atomic E-state index is 13.6. The molecule has 0 saturated carbocycles. The van der Waals surface area contributed by atoms with Crippen LogP contribution in [-0.4, -0.2) is 178 Å². The number of nitrogens with zero attached hydrogens (tertiary/aromatic N) is 3. The lowest BCUT2D eigenvalue weighted by atomic mass is 10.0. The van der Waals surface area contributed by atoms with Crippen molar-refractivity contribution in [3.63, 3.8) is 0 Å². The molecule has 6 rings (SSSR count). The van der Waals surface area contributed by atoms with Crippen molar-refractivity contribution in [1.29, 1.82) is 0 Å². The van der Waals surface area contributed by atoms with Crippen molar-refractivity contribution in [3.8, 4) is 0 Å². The van der Waals surface area contributed by atoms with Crippen molar-refractivity contribution in [1.82, 2.24) is 46.0 Å². The van der Waals surface area contributed by atoms with Crippen LogP contribution in [0.3, 0.4) is 0 Å². The summed E-state index contributed by atoms with van der Waals surface area (Å²) in [5.41, 5.74) is 0.387. The van der Waals surface area contributed by atoms with Gasteiger partial charge in [-0.1, -0.05) is 47.8 Å². The number of nitrogens with one attached hydrogen (secondary N) is 8. The molecule has 0 bridgehead atoms. The number of carbonyl (C=O) groups excluding carboxylic acids is 6. The van der Waals surface area contributed by atoms with Gasteiger partial charge in [-0.15, -0.1) is 0 Å². The van der Waals surface area contributed by atoms with E-state index in [9.17, 15) is 37.2 Å². The van der Waals surface area contributed by atoms with Gasteiger partial charge >= 0.3 is 6.03 Å². The third-order valence-electron chi connectivity index (χ3n) is 12.2. The molecule has 1 aromatic heterocycles. The lowest BCUT2D eigenvalue weighted by Gasteiger charge is -2.31. The number of benzene rings is 2. The molecule has 22 nitrogen and oxygen atoms in total. The van der Waals surface area contributed by atoms with Gasteiger partial charge in [0.2, 0.25) is 27.7 Å². The van der Waals surface area contributed by atoms with Crippen molar-refractivity contribution in [2.75, 3.05) is 102 Å². The average molecular weight is 1110 g/mol. The number of urea groups is 1. The minimum atomic E-state index is -3.94. The summed E-state index contributed by atoms with van der Waals surface area (Å²) in [6.45, 7) is 4.09. The van der Waals surface area contributed by atoms with E-state index in [4.69, 9.17) is 37.4 Å². The fraction of sp³-hybridized carbons (Fsp3) is 0.521. The fourth-order valence-corrected chi connectivity index (χ4v) is 11.9. The minimum Gasteiger partial charge on any atom is -0.377 e. The van der Waals surface area contributed by atoms with Crippen LogP contribution in [0.1, 0.15) is 65.8 Å². The molecule has 4 heterocycles. The number of H-pyrrole nitrogens is 1. The molecule has 8 N–H and O–H groups in total. The second-order valence-electron chi connectivity index (χ2n) is 17.7. The van der Waals surface area contributed by atoms with E-state index in [0.29, 0.717) is 96.0 Å². The molecular formula is C48H65Cl2N11O11S2. The number of rotatable bonds is 30. The van der Waals surface area contributed by atoms with E-state index in [1.807, 2.05) is 23.7 Å². The maximum absolute atomic E-state index is 13.6. The summed E-state index contributed by atoms with van der Waals surface area (Å²) >= 11 is 14.2. The zero-order valence-corrected chi connectivity index (χ0v) is 44.3. The highest BCUT2D eigenvalue weighted by Gasteiger charge is 2.42. The molecule has 3 aliphatic heterocycles. The Kier molecular flexibility index (Phi) is 23.3. The quantitative estimate of drug-likeness (QED) is 0.0270. The van der Waals surface area contributed by atoms with Crippen LogP contribution in [0.4, 0.5) is 16.2 Å². The molecule has 3 atom stereocenters. The monoisotopic (exact) mass is 1110 g/mol. The molecule has 0 aliphatic carbocycles. The van der Waals surface area contributed by atoms with Gasteiger partial charge in [0.25, 0.3) is 11.8 Å². The standard InChI is InChI=1S/C48H65Cl2N11O11S2/c1-60(20-16-41(63)52-18-24-71-26-28-72-27-25-70-23-17-51-40(62)12-3-2-11-39-44-38(31-73-39)57-48(67)58-44)19-6-13-42(64)54-33-7-4-8-34(29-33)74(68,69)61-21-14-32(15-22-61)55-47(66)45-37(30-53-59-45)56-46(65)43-35(49)9-5-10-36(43)50/h4-10,13,29-30,32,38-39,44H,2-3,11-12,14-28,31H2,1H3,(H,51,62)(H,52,63)(H,53,59)(H,54,64)(H,55,66)(H,56,65)(H2,57,58,67)/b13-6+/t38-,39-,44-/m0/s1. The van der Waals surface area contributed by atoms with E-state index in [2.05, 4.69) is 47.4 Å². The first kappa shape index (κ1) is 58.0. The summed E-state index contributed by atoms with van der Waals surface area (Å²) in [5, 5.41) is 27.0. The third kappa shape index (κ3) is 18.2. The maximum Gasteiger partial charge on any atom is 0.315 e. The number of amides is 7. The van der Waals surface area contributed by atoms with Gasteiger partial charge < -0.3 is 56.3 Å². The number of halogens is 2. The first-order chi connectivity index (χ1) is 35.7. The Morgan fingerprint density at radius 2 is 1.53 bits per heavy atom. The Labute approximate surface area is 444 Å². The zero-order valence-electron chi connectivity index (χ0n) is 41.1. The molecule has 7 amide bonds. The highest BCUT2D eigenvalue weighted by Crippen LogP contribution is 2.33. The Morgan fingerprint density at radius 1 is 0.865 bits per heavy atom. The number of aromatic nitrogens is 2. The third-order valence-corrected chi connectivity index (χ3v) is 16.2. The van der Waals surface area contributed by atoms with Crippen LogP contribution in [0.15, 0.2) is 65.7 Å². The van der Waals surface area contributed by atoms with Crippen LogP contribution in [0.2, 0.25) is 10.0 Å². The molecule has 74 heavy (non-hydrogen) atoms. The minimum absolute atomic E-state index is 0.00134. The van der Waals surface area contributed by atoms with E-state index in [0.717, 1.165) is 25.0 Å². The largest absolute Gasteiger partial charge is 0.377 e. The van der Waals surface area contributed by atoms with E-state index in [-0.39, 0.29) is 87.4 Å². The lowest BCUT2D eigenvalue weighted by Crippen LogP contribution is -2.46. The number of aromatic amines is 1. The second kappa shape index (κ2) is 29.7.